The summed E-state index contributed by atoms with van der Waals surface area (Å²) in [5.41, 5.74) is 9.25. The molecule has 0 spiro atoms. The molecule has 2 atom stereocenters. The predicted molar refractivity (Wildman–Crippen MR) is 76.6 cm³/mol. The molecule has 0 amide bonds. The summed E-state index contributed by atoms with van der Waals surface area (Å²) in [5.74, 6) is -0.707. The van der Waals surface area contributed by atoms with E-state index < -0.39 is 12.0 Å². The van der Waals surface area contributed by atoms with E-state index >= 15 is 0 Å². The van der Waals surface area contributed by atoms with Crippen LogP contribution in [0.3, 0.4) is 0 Å². The van der Waals surface area contributed by atoms with Crippen molar-refractivity contribution in [3.63, 3.8) is 0 Å². The van der Waals surface area contributed by atoms with Crippen molar-refractivity contribution in [1.29, 1.82) is 0 Å². The van der Waals surface area contributed by atoms with Crippen LogP contribution in [0.1, 0.15) is 24.0 Å². The molecule has 0 heterocycles. The van der Waals surface area contributed by atoms with Crippen LogP contribution in [0.15, 0.2) is 42.5 Å². The third-order valence-electron chi connectivity index (χ3n) is 3.52. The minimum atomic E-state index is -0.929. The maximum absolute atomic E-state index is 10.7. The van der Waals surface area contributed by atoms with Crippen molar-refractivity contribution in [2.75, 3.05) is 0 Å². The van der Waals surface area contributed by atoms with Crippen molar-refractivity contribution in [3.05, 3.63) is 53.6 Å². The van der Waals surface area contributed by atoms with Gasteiger partial charge in [-0.3, -0.25) is 4.79 Å². The van der Waals surface area contributed by atoms with Gasteiger partial charge < -0.3 is 10.8 Å². The Bertz CT molecular complexity index is 531. The van der Waals surface area contributed by atoms with Crippen LogP contribution in [0.4, 0.5) is 0 Å². The summed E-state index contributed by atoms with van der Waals surface area (Å²) in [4.78, 5) is 10.7. The molecule has 1 aromatic carbocycles. The molecule has 0 saturated carbocycles. The molecule has 19 heavy (non-hydrogen) atoms. The number of nitrogens with two attached hydrogens (primary N) is 1. The summed E-state index contributed by atoms with van der Waals surface area (Å²) in [6.07, 6.45) is 7.65. The van der Waals surface area contributed by atoms with E-state index in [1.54, 1.807) is 0 Å². The number of allylic oxidation sites excluding steroid dienone is 4. The molecule has 3 N–H and O–H groups in total. The Hall–Kier alpha value is -1.87. The number of benzene rings is 1. The fourth-order valence-electron chi connectivity index (χ4n) is 2.36. The summed E-state index contributed by atoms with van der Waals surface area (Å²) in [6.45, 7) is 2.09. The predicted octanol–water partition coefficient (Wildman–Crippen LogP) is 2.76. The van der Waals surface area contributed by atoms with E-state index in [1.165, 1.54) is 16.7 Å². The lowest BCUT2D eigenvalue weighted by Gasteiger charge is -2.19. The zero-order valence-electron chi connectivity index (χ0n) is 11.0. The second-order valence-corrected chi connectivity index (χ2v) is 5.01. The summed E-state index contributed by atoms with van der Waals surface area (Å²) >= 11 is 0. The number of aliphatic carboxylic acids is 1. The van der Waals surface area contributed by atoms with E-state index in [0.717, 1.165) is 6.42 Å². The van der Waals surface area contributed by atoms with Crippen LogP contribution in [0, 0.1) is 12.8 Å². The average Bonchev–Trinajstić information content (AvgIpc) is 2.40. The molecule has 0 saturated heterocycles. The summed E-state index contributed by atoms with van der Waals surface area (Å²) in [6, 6.07) is 7.48. The van der Waals surface area contributed by atoms with Gasteiger partial charge in [0.25, 0.3) is 0 Å². The molecule has 1 aliphatic carbocycles. The number of rotatable bonds is 4. The lowest BCUT2D eigenvalue weighted by molar-refractivity contribution is -0.138. The van der Waals surface area contributed by atoms with Gasteiger partial charge in [-0.05, 0) is 42.4 Å². The maximum Gasteiger partial charge on any atom is 0.320 e. The highest BCUT2D eigenvalue weighted by Gasteiger charge is 2.18. The number of carboxylic acids is 1. The molecule has 0 bridgehead atoms. The molecule has 0 radical (unpaired) electrons. The first-order valence-corrected chi connectivity index (χ1v) is 6.50. The molecule has 3 nitrogen and oxygen atoms in total. The van der Waals surface area contributed by atoms with E-state index in [-0.39, 0.29) is 5.92 Å². The van der Waals surface area contributed by atoms with E-state index in [1.807, 2.05) is 12.1 Å². The molecular weight excluding hydrogens is 238 g/mol. The van der Waals surface area contributed by atoms with E-state index in [9.17, 15) is 4.79 Å². The van der Waals surface area contributed by atoms with Gasteiger partial charge in [-0.2, -0.15) is 0 Å². The molecule has 0 aliphatic heterocycles. The molecule has 0 aromatic heterocycles. The Balaban J connectivity index is 2.04. The third kappa shape index (κ3) is 3.32. The zero-order chi connectivity index (χ0) is 13.8. The van der Waals surface area contributed by atoms with E-state index in [0.29, 0.717) is 6.42 Å². The highest BCUT2D eigenvalue weighted by molar-refractivity contribution is 5.77. The minimum Gasteiger partial charge on any atom is -0.480 e. The fourth-order valence-corrected chi connectivity index (χ4v) is 2.36. The van der Waals surface area contributed by atoms with Crippen LogP contribution < -0.4 is 5.73 Å². The largest absolute Gasteiger partial charge is 0.480 e. The van der Waals surface area contributed by atoms with Gasteiger partial charge in [0, 0.05) is 0 Å². The third-order valence-corrected chi connectivity index (χ3v) is 3.52. The molecule has 2 rings (SSSR count). The average molecular weight is 257 g/mol. The fraction of sp³-hybridized carbons (Fsp3) is 0.312. The van der Waals surface area contributed by atoms with Crippen LogP contribution >= 0.6 is 0 Å². The smallest absolute Gasteiger partial charge is 0.320 e. The number of carboxylic acid groups (broad SMARTS) is 1. The molecule has 1 aromatic rings. The summed E-state index contributed by atoms with van der Waals surface area (Å²) in [5, 5.41) is 8.81. The summed E-state index contributed by atoms with van der Waals surface area (Å²) in [7, 11) is 0. The Morgan fingerprint density at radius 1 is 1.47 bits per heavy atom. The van der Waals surface area contributed by atoms with Crippen molar-refractivity contribution in [2.45, 2.75) is 25.8 Å². The van der Waals surface area contributed by atoms with Crippen molar-refractivity contribution in [3.8, 4) is 0 Å². The number of carbonyl (C=O) groups is 1. The standard InChI is InChI=1S/C16H19NO2/c1-11-4-2-3-5-14(11)13-8-6-12(7-9-13)10-15(17)16(18)19/h2-6,8-9,12,15H,7,10,17H2,1H3,(H,18,19). The highest BCUT2D eigenvalue weighted by atomic mass is 16.4. The normalized spacial score (nSPS) is 19.9. The van der Waals surface area contributed by atoms with Gasteiger partial charge in [-0.1, -0.05) is 42.5 Å². The first-order valence-electron chi connectivity index (χ1n) is 6.50. The van der Waals surface area contributed by atoms with Crippen LogP contribution in [0.5, 0.6) is 0 Å². The highest BCUT2D eigenvalue weighted by Crippen LogP contribution is 2.28. The Kier molecular flexibility index (Phi) is 4.17. The first-order chi connectivity index (χ1) is 9.08. The van der Waals surface area contributed by atoms with Crippen LogP contribution in [-0.2, 0) is 4.79 Å². The Morgan fingerprint density at radius 3 is 2.79 bits per heavy atom. The number of hydrogen-bond acceptors (Lipinski definition) is 2. The first kappa shape index (κ1) is 13.6. The van der Waals surface area contributed by atoms with E-state index in [4.69, 9.17) is 10.8 Å². The van der Waals surface area contributed by atoms with E-state index in [2.05, 4.69) is 37.3 Å². The van der Waals surface area contributed by atoms with Crippen LogP contribution in [0.25, 0.3) is 5.57 Å². The monoisotopic (exact) mass is 257 g/mol. The van der Waals surface area contributed by atoms with Gasteiger partial charge in [0.15, 0.2) is 0 Å². The van der Waals surface area contributed by atoms with Gasteiger partial charge in [0.05, 0.1) is 0 Å². The summed E-state index contributed by atoms with van der Waals surface area (Å²) < 4.78 is 0. The van der Waals surface area contributed by atoms with Gasteiger partial charge >= 0.3 is 5.97 Å². The van der Waals surface area contributed by atoms with Crippen LogP contribution in [0.2, 0.25) is 0 Å². The Labute approximate surface area is 113 Å². The molecular formula is C16H19NO2. The van der Waals surface area contributed by atoms with Gasteiger partial charge in [-0.25, -0.2) is 0 Å². The van der Waals surface area contributed by atoms with Crippen molar-refractivity contribution >= 4 is 11.5 Å². The topological polar surface area (TPSA) is 63.3 Å². The second kappa shape index (κ2) is 5.85. The number of hydrogen-bond donors (Lipinski definition) is 2. The lowest BCUT2D eigenvalue weighted by atomic mass is 9.88. The quantitative estimate of drug-likeness (QED) is 0.871. The second-order valence-electron chi connectivity index (χ2n) is 5.01. The molecule has 3 heteroatoms. The SMILES string of the molecule is Cc1ccccc1C1=CCC(CC(N)C(=O)O)C=C1. The van der Waals surface area contributed by atoms with Crippen molar-refractivity contribution in [1.82, 2.24) is 0 Å². The molecule has 1 aliphatic rings. The zero-order valence-corrected chi connectivity index (χ0v) is 11.0. The molecule has 100 valence electrons. The van der Waals surface area contributed by atoms with Crippen molar-refractivity contribution in [2.24, 2.45) is 11.7 Å². The lowest BCUT2D eigenvalue weighted by Crippen LogP contribution is -2.32. The Morgan fingerprint density at radius 2 is 2.21 bits per heavy atom. The van der Waals surface area contributed by atoms with Gasteiger partial charge in [0.2, 0.25) is 0 Å². The van der Waals surface area contributed by atoms with Gasteiger partial charge in [0.1, 0.15) is 6.04 Å². The minimum absolute atomic E-state index is 0.221. The maximum atomic E-state index is 10.7. The molecule has 2 unspecified atom stereocenters. The molecule has 0 fully saturated rings. The van der Waals surface area contributed by atoms with Crippen molar-refractivity contribution < 1.29 is 9.90 Å². The number of aryl methyl sites for hydroxylation is 1. The van der Waals surface area contributed by atoms with Gasteiger partial charge in [-0.15, -0.1) is 0 Å². The van der Waals surface area contributed by atoms with Crippen LogP contribution in [-0.4, -0.2) is 17.1 Å².